The van der Waals surface area contributed by atoms with Crippen molar-refractivity contribution in [2.75, 3.05) is 20.2 Å². The minimum atomic E-state index is 0.436. The first kappa shape index (κ1) is 16.2. The number of ether oxygens (including phenoxy) is 1. The Balaban J connectivity index is 1.60. The van der Waals surface area contributed by atoms with E-state index in [0.29, 0.717) is 5.41 Å². The van der Waals surface area contributed by atoms with Gasteiger partial charge in [0.25, 0.3) is 0 Å². The number of hydrogen-bond acceptors (Lipinski definition) is 2. The number of fused-ring (bicyclic) bond motifs is 1. The van der Waals surface area contributed by atoms with Gasteiger partial charge in [0.1, 0.15) is 5.75 Å². The lowest BCUT2D eigenvalue weighted by molar-refractivity contribution is -0.0463. The third kappa shape index (κ3) is 2.47. The normalized spacial score (nSPS) is 37.3. The summed E-state index contributed by atoms with van der Waals surface area (Å²) in [7, 11) is 1.82. The zero-order valence-electron chi connectivity index (χ0n) is 16.0. The van der Waals surface area contributed by atoms with Crippen LogP contribution in [0.15, 0.2) is 18.2 Å². The molecule has 136 valence electrons. The molecule has 2 saturated carbocycles. The van der Waals surface area contributed by atoms with Crippen LogP contribution in [-0.2, 0) is 11.8 Å². The average molecular weight is 340 g/mol. The minimum Gasteiger partial charge on any atom is -0.497 e. The van der Waals surface area contributed by atoms with Crippen molar-refractivity contribution in [2.45, 2.75) is 69.7 Å². The van der Waals surface area contributed by atoms with Crippen LogP contribution in [0.4, 0.5) is 0 Å². The quantitative estimate of drug-likeness (QED) is 0.781. The summed E-state index contributed by atoms with van der Waals surface area (Å²) in [6.07, 6.45) is 11.2. The van der Waals surface area contributed by atoms with E-state index in [0.717, 1.165) is 29.5 Å². The molecule has 2 bridgehead atoms. The maximum Gasteiger partial charge on any atom is 0.119 e. The molecular formula is C23H33NO. The molecule has 2 nitrogen and oxygen atoms in total. The van der Waals surface area contributed by atoms with Crippen LogP contribution in [-0.4, -0.2) is 31.1 Å². The smallest absolute Gasteiger partial charge is 0.119 e. The van der Waals surface area contributed by atoms with Gasteiger partial charge in [0, 0.05) is 18.0 Å². The van der Waals surface area contributed by atoms with Gasteiger partial charge in [-0.15, -0.1) is 0 Å². The highest BCUT2D eigenvalue weighted by Crippen LogP contribution is 2.58. The van der Waals surface area contributed by atoms with Gasteiger partial charge in [0.2, 0.25) is 0 Å². The highest BCUT2D eigenvalue weighted by atomic mass is 16.5. The molecule has 4 aliphatic rings. The molecule has 0 spiro atoms. The Bertz CT molecular complexity index is 651. The van der Waals surface area contributed by atoms with Gasteiger partial charge in [-0.3, -0.25) is 4.90 Å². The van der Waals surface area contributed by atoms with Crippen molar-refractivity contribution >= 4 is 0 Å². The molecular weight excluding hydrogens is 306 g/mol. The Kier molecular flexibility index (Phi) is 3.89. The average Bonchev–Trinajstić information content (AvgIpc) is 3.47. The largest absolute Gasteiger partial charge is 0.497 e. The number of hydrogen-bond donors (Lipinski definition) is 0. The Morgan fingerprint density at radius 1 is 1.20 bits per heavy atom. The van der Waals surface area contributed by atoms with Crippen LogP contribution < -0.4 is 4.74 Å². The molecule has 0 aromatic heterocycles. The van der Waals surface area contributed by atoms with E-state index in [1.807, 2.05) is 7.11 Å². The van der Waals surface area contributed by atoms with E-state index in [2.05, 4.69) is 30.0 Å². The lowest BCUT2D eigenvalue weighted by atomic mass is 9.49. The lowest BCUT2D eigenvalue weighted by Crippen LogP contribution is -2.63. The van der Waals surface area contributed by atoms with Gasteiger partial charge >= 0.3 is 0 Å². The van der Waals surface area contributed by atoms with Crippen molar-refractivity contribution in [2.24, 2.45) is 17.8 Å². The van der Waals surface area contributed by atoms with E-state index in [4.69, 9.17) is 4.74 Å². The number of nitrogens with zero attached hydrogens (tertiary/aromatic N) is 1. The van der Waals surface area contributed by atoms with Gasteiger partial charge < -0.3 is 4.74 Å². The van der Waals surface area contributed by atoms with Crippen molar-refractivity contribution in [3.63, 3.8) is 0 Å². The second-order valence-electron chi connectivity index (χ2n) is 9.23. The predicted octanol–water partition coefficient (Wildman–Crippen LogP) is 4.80. The molecule has 1 heterocycles. The number of rotatable bonds is 4. The molecule has 3 aliphatic carbocycles. The SMILES string of the molecule is CC[C@H]1CCC[C@]23CCN(CC4CC4)[C@H](Cc4ccc(OC)cc42)C13. The first-order chi connectivity index (χ1) is 12.2. The van der Waals surface area contributed by atoms with E-state index < -0.39 is 0 Å². The Labute approximate surface area is 152 Å². The van der Waals surface area contributed by atoms with Crippen LogP contribution in [0.1, 0.15) is 63.0 Å². The number of methoxy groups -OCH3 is 1. The Hall–Kier alpha value is -1.02. The van der Waals surface area contributed by atoms with Gasteiger partial charge in [0.05, 0.1) is 7.11 Å². The van der Waals surface area contributed by atoms with Gasteiger partial charge in [-0.2, -0.15) is 0 Å². The molecule has 1 aromatic carbocycles. The lowest BCUT2D eigenvalue weighted by Gasteiger charge is -2.61. The fraction of sp³-hybridized carbons (Fsp3) is 0.739. The molecule has 4 atom stereocenters. The van der Waals surface area contributed by atoms with Crippen LogP contribution >= 0.6 is 0 Å². The predicted molar refractivity (Wildman–Crippen MR) is 102 cm³/mol. The maximum absolute atomic E-state index is 5.62. The first-order valence-electron chi connectivity index (χ1n) is 10.7. The van der Waals surface area contributed by atoms with Crippen molar-refractivity contribution in [1.29, 1.82) is 0 Å². The van der Waals surface area contributed by atoms with Crippen LogP contribution in [0.3, 0.4) is 0 Å². The summed E-state index contributed by atoms with van der Waals surface area (Å²) in [5.74, 6) is 3.86. The van der Waals surface area contributed by atoms with Crippen LogP contribution in [0.2, 0.25) is 0 Å². The van der Waals surface area contributed by atoms with E-state index in [9.17, 15) is 0 Å². The topological polar surface area (TPSA) is 12.5 Å². The molecule has 2 heteroatoms. The number of benzene rings is 1. The maximum atomic E-state index is 5.62. The summed E-state index contributed by atoms with van der Waals surface area (Å²) in [6.45, 7) is 5.13. The Morgan fingerprint density at radius 2 is 2.08 bits per heavy atom. The standard InChI is InChI=1S/C23H33NO/c1-3-17-5-4-10-23-11-12-24(15-16-6-7-16)21(22(17)23)13-18-8-9-19(25-2)14-20(18)23/h8-9,14,16-17,21-22H,3-7,10-13,15H2,1-2H3/t17-,21+,22?,23-/m0/s1. The first-order valence-corrected chi connectivity index (χ1v) is 10.7. The van der Waals surface area contributed by atoms with Gasteiger partial charge in [-0.05, 0) is 79.7 Å². The Morgan fingerprint density at radius 3 is 2.84 bits per heavy atom. The summed E-state index contributed by atoms with van der Waals surface area (Å²) >= 11 is 0. The molecule has 1 saturated heterocycles. The minimum absolute atomic E-state index is 0.436. The molecule has 5 rings (SSSR count). The van der Waals surface area contributed by atoms with Crippen LogP contribution in [0.5, 0.6) is 5.75 Å². The summed E-state index contributed by atoms with van der Waals surface area (Å²) in [4.78, 5) is 2.92. The van der Waals surface area contributed by atoms with E-state index in [1.54, 1.807) is 11.1 Å². The highest BCUT2D eigenvalue weighted by molar-refractivity contribution is 5.46. The highest BCUT2D eigenvalue weighted by Gasteiger charge is 2.56. The molecule has 0 radical (unpaired) electrons. The van der Waals surface area contributed by atoms with Crippen LogP contribution in [0, 0.1) is 17.8 Å². The second kappa shape index (κ2) is 6.01. The molecule has 1 aromatic rings. The molecule has 3 fully saturated rings. The molecule has 1 aliphatic heterocycles. The van der Waals surface area contributed by atoms with E-state index >= 15 is 0 Å². The second-order valence-corrected chi connectivity index (χ2v) is 9.23. The summed E-state index contributed by atoms with van der Waals surface area (Å²) in [5, 5.41) is 0. The van der Waals surface area contributed by atoms with Gasteiger partial charge in [-0.1, -0.05) is 32.3 Å². The molecule has 1 unspecified atom stereocenters. The van der Waals surface area contributed by atoms with Crippen molar-refractivity contribution in [3.05, 3.63) is 29.3 Å². The zero-order valence-corrected chi connectivity index (χ0v) is 16.0. The number of likely N-dealkylation sites (tertiary alicyclic amines) is 1. The molecule has 0 N–H and O–H groups in total. The third-order valence-electron chi connectivity index (χ3n) is 8.07. The van der Waals surface area contributed by atoms with E-state index in [1.165, 1.54) is 64.5 Å². The fourth-order valence-electron chi connectivity index (χ4n) is 6.76. The van der Waals surface area contributed by atoms with Gasteiger partial charge in [-0.25, -0.2) is 0 Å². The number of piperidine rings is 1. The summed E-state index contributed by atoms with van der Waals surface area (Å²) in [6, 6.07) is 7.78. The zero-order chi connectivity index (χ0) is 17.0. The van der Waals surface area contributed by atoms with E-state index in [-0.39, 0.29) is 0 Å². The molecule has 25 heavy (non-hydrogen) atoms. The molecule has 0 amide bonds. The fourth-order valence-corrected chi connectivity index (χ4v) is 6.76. The monoisotopic (exact) mass is 339 g/mol. The van der Waals surface area contributed by atoms with Gasteiger partial charge in [0.15, 0.2) is 0 Å². The summed E-state index contributed by atoms with van der Waals surface area (Å²) in [5.41, 5.74) is 3.72. The summed E-state index contributed by atoms with van der Waals surface area (Å²) < 4.78 is 5.62. The van der Waals surface area contributed by atoms with Crippen molar-refractivity contribution in [1.82, 2.24) is 4.90 Å². The third-order valence-corrected chi connectivity index (χ3v) is 8.07. The van der Waals surface area contributed by atoms with Crippen LogP contribution in [0.25, 0.3) is 0 Å². The van der Waals surface area contributed by atoms with Crippen molar-refractivity contribution in [3.8, 4) is 5.75 Å². The van der Waals surface area contributed by atoms with Crippen molar-refractivity contribution < 1.29 is 4.74 Å².